The van der Waals surface area contributed by atoms with E-state index in [9.17, 15) is 4.79 Å². The highest BCUT2D eigenvalue weighted by atomic mass is 16.6. The number of amides is 1. The van der Waals surface area contributed by atoms with Crippen molar-refractivity contribution < 1.29 is 19.7 Å². The number of hydrogen-bond acceptors (Lipinski definition) is 4. The normalized spacial score (nSPS) is 18.3. The van der Waals surface area contributed by atoms with Gasteiger partial charge in [0.25, 0.3) is 0 Å². The Morgan fingerprint density at radius 1 is 1.36 bits per heavy atom. The van der Waals surface area contributed by atoms with Crippen molar-refractivity contribution in [3.05, 3.63) is 0 Å². The zero-order chi connectivity index (χ0) is 10.4. The fourth-order valence-electron chi connectivity index (χ4n) is 1.52. The maximum absolute atomic E-state index is 11.3. The zero-order valence-electron chi connectivity index (χ0n) is 8.19. The number of ether oxygens (including phenoxy) is 1. The highest BCUT2D eigenvalue weighted by Crippen LogP contribution is 2.16. The van der Waals surface area contributed by atoms with Crippen molar-refractivity contribution in [3.8, 4) is 0 Å². The van der Waals surface area contributed by atoms with E-state index in [1.807, 2.05) is 0 Å². The Morgan fingerprint density at radius 3 is 2.50 bits per heavy atom. The van der Waals surface area contributed by atoms with Crippen molar-refractivity contribution in [2.45, 2.75) is 12.8 Å². The summed E-state index contributed by atoms with van der Waals surface area (Å²) in [6, 6.07) is 0. The van der Waals surface area contributed by atoms with Crippen molar-refractivity contribution in [2.24, 2.45) is 5.92 Å². The largest absolute Gasteiger partial charge is 0.447 e. The standard InChI is InChI=1S/C9H17NO4/c11-5-6-14-9(13)10-3-1-8(7-12)2-4-10/h8,11-12H,1-7H2. The lowest BCUT2D eigenvalue weighted by Crippen LogP contribution is -2.39. The molecule has 82 valence electrons. The van der Waals surface area contributed by atoms with Crippen molar-refractivity contribution in [2.75, 3.05) is 32.9 Å². The molecule has 0 spiro atoms. The first-order chi connectivity index (χ1) is 6.77. The van der Waals surface area contributed by atoms with Crippen molar-refractivity contribution in [1.29, 1.82) is 0 Å². The third kappa shape index (κ3) is 3.16. The predicted molar refractivity (Wildman–Crippen MR) is 49.8 cm³/mol. The summed E-state index contributed by atoms with van der Waals surface area (Å²) in [5.74, 6) is 0.317. The number of aliphatic hydroxyl groups is 2. The first kappa shape index (κ1) is 11.3. The van der Waals surface area contributed by atoms with E-state index in [1.54, 1.807) is 4.90 Å². The van der Waals surface area contributed by atoms with E-state index in [4.69, 9.17) is 14.9 Å². The van der Waals surface area contributed by atoms with Crippen LogP contribution in [0.2, 0.25) is 0 Å². The van der Waals surface area contributed by atoms with Gasteiger partial charge in [0.15, 0.2) is 0 Å². The van der Waals surface area contributed by atoms with E-state index in [-0.39, 0.29) is 25.9 Å². The van der Waals surface area contributed by atoms with Crippen LogP contribution in [0.25, 0.3) is 0 Å². The molecule has 0 unspecified atom stereocenters. The van der Waals surface area contributed by atoms with Crippen LogP contribution in [0.4, 0.5) is 4.79 Å². The van der Waals surface area contributed by atoms with Gasteiger partial charge in [-0.2, -0.15) is 0 Å². The minimum atomic E-state index is -0.365. The highest BCUT2D eigenvalue weighted by Gasteiger charge is 2.22. The van der Waals surface area contributed by atoms with Crippen LogP contribution in [0.5, 0.6) is 0 Å². The molecule has 1 aliphatic heterocycles. The summed E-state index contributed by atoms with van der Waals surface area (Å²) >= 11 is 0. The van der Waals surface area contributed by atoms with E-state index in [0.717, 1.165) is 12.8 Å². The van der Waals surface area contributed by atoms with Crippen LogP contribution in [0.3, 0.4) is 0 Å². The van der Waals surface area contributed by atoms with Gasteiger partial charge >= 0.3 is 6.09 Å². The number of aliphatic hydroxyl groups excluding tert-OH is 2. The third-order valence-electron chi connectivity index (χ3n) is 2.45. The van der Waals surface area contributed by atoms with E-state index < -0.39 is 0 Å². The van der Waals surface area contributed by atoms with Crippen molar-refractivity contribution in [1.82, 2.24) is 4.90 Å². The molecule has 0 aromatic carbocycles. The molecule has 0 atom stereocenters. The Kier molecular flexibility index (Phi) is 4.69. The molecule has 0 aromatic rings. The number of hydrogen-bond donors (Lipinski definition) is 2. The molecule has 1 saturated heterocycles. The molecule has 14 heavy (non-hydrogen) atoms. The summed E-state index contributed by atoms with van der Waals surface area (Å²) in [5, 5.41) is 17.4. The number of carbonyl (C=O) groups is 1. The Balaban J connectivity index is 2.23. The van der Waals surface area contributed by atoms with E-state index in [1.165, 1.54) is 0 Å². The number of carbonyl (C=O) groups excluding carboxylic acids is 1. The zero-order valence-corrected chi connectivity index (χ0v) is 8.19. The van der Waals surface area contributed by atoms with Gasteiger partial charge in [-0.25, -0.2) is 4.79 Å². The summed E-state index contributed by atoms with van der Waals surface area (Å²) < 4.78 is 4.77. The van der Waals surface area contributed by atoms with Gasteiger partial charge in [0.2, 0.25) is 0 Å². The summed E-state index contributed by atoms with van der Waals surface area (Å²) in [7, 11) is 0. The van der Waals surface area contributed by atoms with Crippen LogP contribution in [-0.4, -0.2) is 54.1 Å². The van der Waals surface area contributed by atoms with Gasteiger partial charge in [-0.05, 0) is 18.8 Å². The van der Waals surface area contributed by atoms with Crippen LogP contribution >= 0.6 is 0 Å². The Bertz CT molecular complexity index is 178. The molecule has 1 rings (SSSR count). The Morgan fingerprint density at radius 2 is 2.00 bits per heavy atom. The van der Waals surface area contributed by atoms with Gasteiger partial charge in [0.1, 0.15) is 6.61 Å². The van der Waals surface area contributed by atoms with Crippen molar-refractivity contribution >= 4 is 6.09 Å². The molecule has 5 nitrogen and oxygen atoms in total. The van der Waals surface area contributed by atoms with Gasteiger partial charge in [0.05, 0.1) is 6.61 Å². The lowest BCUT2D eigenvalue weighted by atomic mass is 9.98. The van der Waals surface area contributed by atoms with Crippen LogP contribution in [0.1, 0.15) is 12.8 Å². The molecule has 0 saturated carbocycles. The van der Waals surface area contributed by atoms with Crippen LogP contribution < -0.4 is 0 Å². The van der Waals surface area contributed by atoms with E-state index >= 15 is 0 Å². The Hall–Kier alpha value is -0.810. The smallest absolute Gasteiger partial charge is 0.409 e. The molecule has 1 fully saturated rings. The molecule has 0 radical (unpaired) electrons. The third-order valence-corrected chi connectivity index (χ3v) is 2.45. The van der Waals surface area contributed by atoms with E-state index in [0.29, 0.717) is 19.0 Å². The van der Waals surface area contributed by atoms with Gasteiger partial charge in [-0.15, -0.1) is 0 Å². The highest BCUT2D eigenvalue weighted by molar-refractivity contribution is 5.67. The van der Waals surface area contributed by atoms with Gasteiger partial charge in [0, 0.05) is 19.7 Å². The maximum Gasteiger partial charge on any atom is 0.409 e. The summed E-state index contributed by atoms with van der Waals surface area (Å²) in [4.78, 5) is 12.9. The topological polar surface area (TPSA) is 70.0 Å². The summed E-state index contributed by atoms with van der Waals surface area (Å²) in [6.45, 7) is 1.38. The molecule has 5 heteroatoms. The SMILES string of the molecule is O=C(OCCO)N1CCC(CO)CC1. The summed E-state index contributed by atoms with van der Waals surface area (Å²) in [6.07, 6.45) is 1.28. The molecule has 1 amide bonds. The summed E-state index contributed by atoms with van der Waals surface area (Å²) in [5.41, 5.74) is 0. The van der Waals surface area contributed by atoms with Gasteiger partial charge < -0.3 is 19.8 Å². The number of piperidine rings is 1. The minimum Gasteiger partial charge on any atom is -0.447 e. The number of rotatable bonds is 3. The minimum absolute atomic E-state index is 0.0543. The second-order valence-electron chi connectivity index (χ2n) is 3.45. The van der Waals surface area contributed by atoms with Crippen molar-refractivity contribution in [3.63, 3.8) is 0 Å². The maximum atomic E-state index is 11.3. The molecular formula is C9H17NO4. The molecule has 1 aliphatic rings. The first-order valence-electron chi connectivity index (χ1n) is 4.91. The monoisotopic (exact) mass is 203 g/mol. The number of likely N-dealkylation sites (tertiary alicyclic amines) is 1. The van der Waals surface area contributed by atoms with Crippen LogP contribution in [-0.2, 0) is 4.74 Å². The quantitative estimate of drug-likeness (QED) is 0.667. The molecule has 0 bridgehead atoms. The lowest BCUT2D eigenvalue weighted by Gasteiger charge is -2.30. The van der Waals surface area contributed by atoms with Crippen LogP contribution in [0.15, 0.2) is 0 Å². The van der Waals surface area contributed by atoms with Gasteiger partial charge in [-0.1, -0.05) is 0 Å². The lowest BCUT2D eigenvalue weighted by molar-refractivity contribution is 0.0665. The second-order valence-corrected chi connectivity index (χ2v) is 3.45. The predicted octanol–water partition coefficient (Wildman–Crippen LogP) is -0.180. The molecular weight excluding hydrogens is 186 g/mol. The molecule has 0 aliphatic carbocycles. The molecule has 2 N–H and O–H groups in total. The van der Waals surface area contributed by atoms with E-state index in [2.05, 4.69) is 0 Å². The fourth-order valence-corrected chi connectivity index (χ4v) is 1.52. The fraction of sp³-hybridized carbons (Fsp3) is 0.889. The number of nitrogens with zero attached hydrogens (tertiary/aromatic N) is 1. The molecule has 1 heterocycles. The second kappa shape index (κ2) is 5.82. The average Bonchev–Trinajstić information content (AvgIpc) is 2.26. The van der Waals surface area contributed by atoms with Gasteiger partial charge in [-0.3, -0.25) is 0 Å². The first-order valence-corrected chi connectivity index (χ1v) is 4.91. The van der Waals surface area contributed by atoms with Crippen LogP contribution in [0, 0.1) is 5.92 Å². The Labute approximate surface area is 83.3 Å². The average molecular weight is 203 g/mol. The molecule has 0 aromatic heterocycles.